The van der Waals surface area contributed by atoms with E-state index in [4.69, 9.17) is 4.43 Å². The summed E-state index contributed by atoms with van der Waals surface area (Å²) in [6.07, 6.45) is 1.85. The summed E-state index contributed by atoms with van der Waals surface area (Å²) >= 11 is 0. The molecule has 0 aliphatic heterocycles. The van der Waals surface area contributed by atoms with Gasteiger partial charge in [-0.3, -0.25) is 0 Å². The van der Waals surface area contributed by atoms with Crippen LogP contribution in [0.25, 0.3) is 0 Å². The van der Waals surface area contributed by atoms with Crippen molar-refractivity contribution in [2.45, 2.75) is 71.2 Å². The normalized spacial score (nSPS) is 15.7. The highest BCUT2D eigenvalue weighted by Crippen LogP contribution is 2.29. The molecule has 0 rings (SSSR count). The summed E-state index contributed by atoms with van der Waals surface area (Å²) in [4.78, 5) is 0. The van der Waals surface area contributed by atoms with Crippen molar-refractivity contribution < 1.29 is 4.43 Å². The molecule has 0 bridgehead atoms. The van der Waals surface area contributed by atoms with E-state index >= 15 is 0 Å². The lowest BCUT2D eigenvalue weighted by Crippen LogP contribution is -2.45. The number of hydrogen-bond donors (Lipinski definition) is 0. The average molecular weight is 227 g/mol. The lowest BCUT2D eigenvalue weighted by Gasteiger charge is -2.36. The molecule has 0 aromatic carbocycles. The van der Waals surface area contributed by atoms with E-state index in [1.807, 2.05) is 6.92 Å². The number of hydrogen-bond acceptors (Lipinski definition) is 2. The number of nitriles is 1. The highest BCUT2D eigenvalue weighted by molar-refractivity contribution is 6.73. The molecule has 0 radical (unpaired) electrons. The summed E-state index contributed by atoms with van der Waals surface area (Å²) in [5, 5.41) is 9.21. The maximum absolute atomic E-state index is 9.21. The van der Waals surface area contributed by atoms with Crippen molar-refractivity contribution in [2.75, 3.05) is 0 Å². The van der Waals surface area contributed by atoms with Crippen LogP contribution in [-0.2, 0) is 4.43 Å². The van der Waals surface area contributed by atoms with E-state index in [2.05, 4.69) is 33.8 Å². The van der Waals surface area contributed by atoms with Gasteiger partial charge in [0.15, 0.2) is 8.32 Å². The predicted molar refractivity (Wildman–Crippen MR) is 67.2 cm³/mol. The molecule has 0 amide bonds. The maximum Gasteiger partial charge on any atom is 0.194 e. The van der Waals surface area contributed by atoms with Gasteiger partial charge in [-0.1, -0.05) is 34.1 Å². The Morgan fingerprint density at radius 2 is 1.60 bits per heavy atom. The largest absolute Gasteiger partial charge is 0.399 e. The van der Waals surface area contributed by atoms with Crippen molar-refractivity contribution in [1.82, 2.24) is 0 Å². The molecule has 0 saturated carbocycles. The van der Waals surface area contributed by atoms with Crippen LogP contribution in [-0.4, -0.2) is 13.9 Å². The van der Waals surface area contributed by atoms with Gasteiger partial charge in [0.05, 0.1) is 6.07 Å². The Hall–Kier alpha value is -0.333. The Balaban J connectivity index is 4.70. The van der Waals surface area contributed by atoms with Crippen LogP contribution in [0.15, 0.2) is 0 Å². The van der Waals surface area contributed by atoms with Crippen LogP contribution in [0.3, 0.4) is 0 Å². The van der Waals surface area contributed by atoms with Crippen molar-refractivity contribution in [3.05, 3.63) is 0 Å². The van der Waals surface area contributed by atoms with Gasteiger partial charge in [0.25, 0.3) is 0 Å². The van der Waals surface area contributed by atoms with Crippen LogP contribution in [0.5, 0.6) is 0 Å². The van der Waals surface area contributed by atoms with E-state index in [9.17, 15) is 5.26 Å². The Kier molecular flexibility index (Phi) is 6.15. The highest BCUT2D eigenvalue weighted by Gasteiger charge is 2.37. The molecular weight excluding hydrogens is 202 g/mol. The first-order valence-corrected chi connectivity index (χ1v) is 8.65. The lowest BCUT2D eigenvalue weighted by molar-refractivity contribution is 0.123. The SMILES string of the molecule is CCCC(C)(C#N)O[Si](CC)(CC)CC. The van der Waals surface area contributed by atoms with Gasteiger partial charge in [0, 0.05) is 0 Å². The summed E-state index contributed by atoms with van der Waals surface area (Å²) < 4.78 is 6.24. The Bertz CT molecular complexity index is 212. The molecule has 3 heteroatoms. The minimum atomic E-state index is -1.63. The molecule has 0 aromatic heterocycles. The Morgan fingerprint density at radius 1 is 1.13 bits per heavy atom. The molecule has 0 aliphatic carbocycles. The van der Waals surface area contributed by atoms with Crippen molar-refractivity contribution in [3.8, 4) is 6.07 Å². The molecule has 0 aliphatic rings. The quantitative estimate of drug-likeness (QED) is 0.614. The van der Waals surface area contributed by atoms with Crippen LogP contribution in [0.2, 0.25) is 18.1 Å². The Morgan fingerprint density at radius 3 is 1.87 bits per heavy atom. The van der Waals surface area contributed by atoms with Gasteiger partial charge in [0.2, 0.25) is 0 Å². The van der Waals surface area contributed by atoms with Crippen LogP contribution in [0.1, 0.15) is 47.5 Å². The zero-order chi connectivity index (χ0) is 11.9. The van der Waals surface area contributed by atoms with Gasteiger partial charge in [-0.2, -0.15) is 5.26 Å². The van der Waals surface area contributed by atoms with E-state index in [1.165, 1.54) is 0 Å². The third-order valence-corrected chi connectivity index (χ3v) is 8.09. The summed E-state index contributed by atoms with van der Waals surface area (Å²) in [7, 11) is -1.63. The van der Waals surface area contributed by atoms with Gasteiger partial charge in [-0.15, -0.1) is 0 Å². The van der Waals surface area contributed by atoms with Gasteiger partial charge in [-0.05, 0) is 31.5 Å². The number of rotatable bonds is 7. The maximum atomic E-state index is 9.21. The lowest BCUT2D eigenvalue weighted by atomic mass is 10.0. The fraction of sp³-hybridized carbons (Fsp3) is 0.917. The molecule has 0 spiro atoms. The molecule has 2 nitrogen and oxygen atoms in total. The van der Waals surface area contributed by atoms with Crippen LogP contribution in [0.4, 0.5) is 0 Å². The molecule has 15 heavy (non-hydrogen) atoms. The standard InChI is InChI=1S/C12H25NOSi/c1-6-10-12(5,11-13)14-15(7-2,8-3)9-4/h6-10H2,1-5H3. The molecule has 1 atom stereocenters. The molecule has 0 aromatic rings. The average Bonchev–Trinajstić information content (AvgIpc) is 2.27. The molecule has 0 fully saturated rings. The minimum Gasteiger partial charge on any atom is -0.399 e. The fourth-order valence-corrected chi connectivity index (χ4v) is 5.09. The fourth-order valence-electron chi connectivity index (χ4n) is 2.05. The molecule has 0 N–H and O–H groups in total. The number of nitrogens with zero attached hydrogens (tertiary/aromatic N) is 1. The third kappa shape index (κ3) is 3.96. The van der Waals surface area contributed by atoms with E-state index < -0.39 is 13.9 Å². The predicted octanol–water partition coefficient (Wildman–Crippen LogP) is 4.09. The van der Waals surface area contributed by atoms with Gasteiger partial charge >= 0.3 is 0 Å². The van der Waals surface area contributed by atoms with Crippen molar-refractivity contribution in [2.24, 2.45) is 0 Å². The summed E-state index contributed by atoms with van der Waals surface area (Å²) in [6.45, 7) is 10.6. The van der Waals surface area contributed by atoms with E-state index in [0.717, 1.165) is 31.0 Å². The van der Waals surface area contributed by atoms with E-state index in [0.29, 0.717) is 0 Å². The van der Waals surface area contributed by atoms with Crippen molar-refractivity contribution >= 4 is 8.32 Å². The summed E-state index contributed by atoms with van der Waals surface area (Å²) in [5.41, 5.74) is -0.553. The van der Waals surface area contributed by atoms with Gasteiger partial charge in [0.1, 0.15) is 5.60 Å². The Labute approximate surface area is 95.8 Å². The first-order valence-electron chi connectivity index (χ1n) is 6.12. The second-order valence-electron chi connectivity index (χ2n) is 4.44. The molecule has 0 heterocycles. The van der Waals surface area contributed by atoms with Gasteiger partial charge in [-0.25, -0.2) is 0 Å². The smallest absolute Gasteiger partial charge is 0.194 e. The second-order valence-corrected chi connectivity index (χ2v) is 9.13. The summed E-state index contributed by atoms with van der Waals surface area (Å²) in [6, 6.07) is 5.69. The van der Waals surface area contributed by atoms with Gasteiger partial charge < -0.3 is 4.43 Å². The zero-order valence-corrected chi connectivity index (χ0v) is 11.9. The van der Waals surface area contributed by atoms with E-state index in [1.54, 1.807) is 0 Å². The van der Waals surface area contributed by atoms with Crippen LogP contribution < -0.4 is 0 Å². The van der Waals surface area contributed by atoms with Crippen LogP contribution >= 0.6 is 0 Å². The minimum absolute atomic E-state index is 0.553. The van der Waals surface area contributed by atoms with E-state index in [-0.39, 0.29) is 0 Å². The molecule has 88 valence electrons. The molecule has 1 unspecified atom stereocenters. The monoisotopic (exact) mass is 227 g/mol. The molecular formula is C12H25NOSi. The zero-order valence-electron chi connectivity index (χ0n) is 10.9. The topological polar surface area (TPSA) is 33.0 Å². The van der Waals surface area contributed by atoms with Crippen molar-refractivity contribution in [3.63, 3.8) is 0 Å². The highest BCUT2D eigenvalue weighted by atomic mass is 28.4. The third-order valence-electron chi connectivity index (χ3n) is 3.34. The molecule has 0 saturated heterocycles. The first-order chi connectivity index (χ1) is 7.01. The summed E-state index contributed by atoms with van der Waals surface area (Å²) in [5.74, 6) is 0. The first kappa shape index (κ1) is 14.7. The van der Waals surface area contributed by atoms with Crippen molar-refractivity contribution in [1.29, 1.82) is 5.26 Å². The second kappa shape index (κ2) is 6.29. The van der Waals surface area contributed by atoms with Crippen LogP contribution in [0, 0.1) is 11.3 Å².